The summed E-state index contributed by atoms with van der Waals surface area (Å²) in [5.41, 5.74) is 20.8. The summed E-state index contributed by atoms with van der Waals surface area (Å²) in [5.74, 6) is -3.29. The molecule has 0 fully saturated rings. The second-order valence-electron chi connectivity index (χ2n) is 16.7. The topological polar surface area (TPSA) is 250 Å². The van der Waals surface area contributed by atoms with Crippen molar-refractivity contribution in [2.45, 2.75) is 180 Å². The molecule has 1 amide bonds. The largest absolute Gasteiger partial charge is 0.480 e. The van der Waals surface area contributed by atoms with Crippen LogP contribution in [0.1, 0.15) is 128 Å². The Labute approximate surface area is 292 Å². The predicted molar refractivity (Wildman–Crippen MR) is 185 cm³/mol. The van der Waals surface area contributed by atoms with Crippen LogP contribution in [0.15, 0.2) is 0 Å². The highest BCUT2D eigenvalue weighted by molar-refractivity contribution is 5.80. The molecule has 0 aromatic heterocycles. The van der Waals surface area contributed by atoms with Crippen molar-refractivity contribution < 1.29 is 48.0 Å². The molecule has 0 saturated heterocycles. The van der Waals surface area contributed by atoms with Gasteiger partial charge < -0.3 is 47.0 Å². The van der Waals surface area contributed by atoms with Gasteiger partial charge in [-0.3, -0.25) is 19.3 Å². The van der Waals surface area contributed by atoms with Gasteiger partial charge in [0.25, 0.3) is 0 Å². The number of amides is 1. The quantitative estimate of drug-likeness (QED) is 0.108. The molecule has 15 heteroatoms. The molecule has 0 heterocycles. The van der Waals surface area contributed by atoms with E-state index in [9.17, 15) is 29.1 Å². The van der Waals surface area contributed by atoms with Gasteiger partial charge in [0.1, 0.15) is 46.6 Å². The number of hydrogen-bond donors (Lipinski definition) is 5. The zero-order valence-corrected chi connectivity index (χ0v) is 31.8. The van der Waals surface area contributed by atoms with Crippen molar-refractivity contribution in [1.82, 2.24) is 4.90 Å². The molecular weight excluding hydrogens is 638 g/mol. The van der Waals surface area contributed by atoms with Gasteiger partial charge in [0, 0.05) is 12.1 Å². The number of carbonyl (C=O) groups is 5. The van der Waals surface area contributed by atoms with Crippen molar-refractivity contribution in [2.24, 2.45) is 22.9 Å². The first kappa shape index (κ1) is 46.0. The lowest BCUT2D eigenvalue weighted by Crippen LogP contribution is -2.51. The van der Waals surface area contributed by atoms with Gasteiger partial charge in [-0.1, -0.05) is 0 Å². The van der Waals surface area contributed by atoms with Crippen LogP contribution in [0.5, 0.6) is 0 Å². The second-order valence-corrected chi connectivity index (χ2v) is 16.7. The van der Waals surface area contributed by atoms with E-state index in [-0.39, 0.29) is 51.5 Å². The van der Waals surface area contributed by atoms with Gasteiger partial charge in [-0.2, -0.15) is 0 Å². The number of rotatable bonds is 17. The number of nitrogens with zero attached hydrogens (tertiary/aromatic N) is 1. The summed E-state index contributed by atoms with van der Waals surface area (Å²) in [4.78, 5) is 64.8. The molecule has 0 aliphatic carbocycles. The van der Waals surface area contributed by atoms with Crippen molar-refractivity contribution >= 4 is 30.0 Å². The van der Waals surface area contributed by atoms with E-state index in [1.807, 2.05) is 0 Å². The Morgan fingerprint density at radius 3 is 1.16 bits per heavy atom. The van der Waals surface area contributed by atoms with E-state index >= 15 is 0 Å². The second kappa shape index (κ2) is 18.3. The average molecular weight is 704 g/mol. The van der Waals surface area contributed by atoms with E-state index in [0.29, 0.717) is 0 Å². The Hall–Kier alpha value is -3.01. The van der Waals surface area contributed by atoms with Gasteiger partial charge in [0.15, 0.2) is 0 Å². The normalized spacial score (nSPS) is 16.3. The third-order valence-corrected chi connectivity index (χ3v) is 6.92. The molecule has 0 aromatic rings. The van der Waals surface area contributed by atoms with Crippen LogP contribution in [0.2, 0.25) is 0 Å². The molecule has 0 bridgehead atoms. The Morgan fingerprint density at radius 2 is 0.857 bits per heavy atom. The minimum atomic E-state index is -1.44. The smallest absolute Gasteiger partial charge is 0.411 e. The summed E-state index contributed by atoms with van der Waals surface area (Å²) in [7, 11) is 0. The molecule has 286 valence electrons. The fourth-order valence-electron chi connectivity index (χ4n) is 4.56. The summed E-state index contributed by atoms with van der Waals surface area (Å²) in [6.45, 7) is 20.0. The Balaban J connectivity index is 6.29. The standard InChI is InChI=1S/C34H65N5O10/c1-30(2,3)46-26(42)21(35)13-17-34(38,18-14-22(36)27(43)47-31(4,5)6)19-15-24(25(40)41)39(29(45)49-33(10,11)12)20-16-23(37)28(44)48-32(7,8)9/h21-24H,13-20,35-38H2,1-12H3,(H,40,41)/t21?,22?,23?,24-,34?/m0/s1. The van der Waals surface area contributed by atoms with Crippen LogP contribution >= 0.6 is 0 Å². The van der Waals surface area contributed by atoms with E-state index in [2.05, 4.69) is 0 Å². The Bertz CT molecular complexity index is 1080. The predicted octanol–water partition coefficient (Wildman–Crippen LogP) is 3.11. The van der Waals surface area contributed by atoms with Crippen LogP contribution in [0.3, 0.4) is 0 Å². The van der Waals surface area contributed by atoms with Crippen LogP contribution in [-0.4, -0.2) is 98.6 Å². The van der Waals surface area contributed by atoms with Gasteiger partial charge in [0.05, 0.1) is 0 Å². The van der Waals surface area contributed by atoms with Crippen LogP contribution in [0.4, 0.5) is 4.79 Å². The third-order valence-electron chi connectivity index (χ3n) is 6.92. The van der Waals surface area contributed by atoms with Crippen molar-refractivity contribution in [3.63, 3.8) is 0 Å². The highest BCUT2D eigenvalue weighted by Crippen LogP contribution is 2.28. The monoisotopic (exact) mass is 703 g/mol. The maximum atomic E-state index is 13.4. The molecule has 0 aliphatic rings. The number of ether oxygens (including phenoxy) is 4. The molecule has 3 unspecified atom stereocenters. The van der Waals surface area contributed by atoms with E-state index < -0.39 is 82.1 Å². The van der Waals surface area contributed by atoms with E-state index in [0.717, 1.165) is 4.90 Å². The van der Waals surface area contributed by atoms with E-state index in [1.165, 1.54) is 0 Å². The van der Waals surface area contributed by atoms with Crippen molar-refractivity contribution in [1.29, 1.82) is 0 Å². The lowest BCUT2D eigenvalue weighted by molar-refractivity contribution is -0.157. The first-order valence-electron chi connectivity index (χ1n) is 16.8. The van der Waals surface area contributed by atoms with E-state index in [4.69, 9.17) is 41.9 Å². The van der Waals surface area contributed by atoms with Gasteiger partial charge in [-0.05, 0) is 128 Å². The third kappa shape index (κ3) is 20.3. The number of carbonyl (C=O) groups excluding carboxylic acids is 4. The van der Waals surface area contributed by atoms with Gasteiger partial charge in [-0.25, -0.2) is 9.59 Å². The first-order chi connectivity index (χ1) is 21.8. The molecule has 4 atom stereocenters. The van der Waals surface area contributed by atoms with Crippen LogP contribution in [0.25, 0.3) is 0 Å². The average Bonchev–Trinajstić information content (AvgIpc) is 2.87. The van der Waals surface area contributed by atoms with Crippen molar-refractivity contribution in [2.75, 3.05) is 6.54 Å². The van der Waals surface area contributed by atoms with Crippen LogP contribution < -0.4 is 22.9 Å². The number of hydrogen-bond acceptors (Lipinski definition) is 13. The number of aliphatic carboxylic acids is 1. The number of nitrogens with two attached hydrogens (primary N) is 4. The molecule has 9 N–H and O–H groups in total. The van der Waals surface area contributed by atoms with Crippen LogP contribution in [0, 0.1) is 0 Å². The Kier molecular flexibility index (Phi) is 17.2. The van der Waals surface area contributed by atoms with Gasteiger partial charge in [-0.15, -0.1) is 0 Å². The molecule has 0 aliphatic heterocycles. The summed E-state index contributed by atoms with van der Waals surface area (Å²) in [6, 6.07) is -4.63. The summed E-state index contributed by atoms with van der Waals surface area (Å²) in [6.07, 6.45) is -0.719. The fraction of sp³-hybridized carbons (Fsp3) is 0.853. The first-order valence-corrected chi connectivity index (χ1v) is 16.8. The molecule has 0 rings (SSSR count). The van der Waals surface area contributed by atoms with Gasteiger partial charge >= 0.3 is 30.0 Å². The SMILES string of the molecule is CC(C)(C)OC(=O)C(N)CCN(C(=O)OC(C)(C)C)[C@@H](CCC(N)(CCC(N)C(=O)OC(C)(C)C)CCC(N)C(=O)OC(C)(C)C)C(=O)O. The highest BCUT2D eigenvalue weighted by atomic mass is 16.6. The zero-order chi connectivity index (χ0) is 38.8. The van der Waals surface area contributed by atoms with E-state index in [1.54, 1.807) is 83.1 Å². The molecule has 49 heavy (non-hydrogen) atoms. The summed E-state index contributed by atoms with van der Waals surface area (Å²) in [5, 5.41) is 10.3. The lowest BCUT2D eigenvalue weighted by Gasteiger charge is -2.36. The molecule has 0 radical (unpaired) electrons. The maximum absolute atomic E-state index is 13.4. The Morgan fingerprint density at radius 1 is 0.551 bits per heavy atom. The fourth-order valence-corrected chi connectivity index (χ4v) is 4.56. The number of carboxylic acid groups (broad SMARTS) is 1. The summed E-state index contributed by atoms with van der Waals surface area (Å²) >= 11 is 0. The maximum Gasteiger partial charge on any atom is 0.411 e. The minimum absolute atomic E-state index is 0.0173. The lowest BCUT2D eigenvalue weighted by atomic mass is 9.81. The van der Waals surface area contributed by atoms with Crippen molar-refractivity contribution in [3.8, 4) is 0 Å². The summed E-state index contributed by atoms with van der Waals surface area (Å²) < 4.78 is 21.6. The number of esters is 3. The van der Waals surface area contributed by atoms with Crippen LogP contribution in [-0.2, 0) is 38.1 Å². The minimum Gasteiger partial charge on any atom is -0.480 e. The molecule has 15 nitrogen and oxygen atoms in total. The molecule has 0 spiro atoms. The molecule has 0 saturated carbocycles. The highest BCUT2D eigenvalue weighted by Gasteiger charge is 2.38. The number of carboxylic acids is 1. The molecular formula is C34H65N5O10. The molecule has 0 aromatic carbocycles. The van der Waals surface area contributed by atoms with Gasteiger partial charge in [0.2, 0.25) is 0 Å². The zero-order valence-electron chi connectivity index (χ0n) is 31.8. The van der Waals surface area contributed by atoms with Crippen molar-refractivity contribution in [3.05, 3.63) is 0 Å².